The molecule has 42 heavy (non-hydrogen) atoms. The SMILES string of the molecule is COc1ccc(-c2c(C(=O)O)c(=O)n(Cc3cc(OC)ccc3OC)c3c2oc2ccc(-c4ccccc4)cc23)cc1. The van der Waals surface area contributed by atoms with E-state index < -0.39 is 17.1 Å². The molecule has 0 amide bonds. The number of nitrogens with zero attached hydrogens (tertiary/aromatic N) is 1. The van der Waals surface area contributed by atoms with E-state index in [-0.39, 0.29) is 12.1 Å². The van der Waals surface area contributed by atoms with E-state index in [1.165, 1.54) is 4.57 Å². The van der Waals surface area contributed by atoms with Gasteiger partial charge in [0, 0.05) is 16.5 Å². The molecule has 1 N–H and O–H groups in total. The van der Waals surface area contributed by atoms with Crippen LogP contribution in [0.2, 0.25) is 0 Å². The topological polar surface area (TPSA) is 100 Å². The number of aromatic nitrogens is 1. The van der Waals surface area contributed by atoms with Crippen LogP contribution >= 0.6 is 0 Å². The van der Waals surface area contributed by atoms with Crippen LogP contribution < -0.4 is 19.8 Å². The molecule has 8 heteroatoms. The third kappa shape index (κ3) is 4.53. The molecule has 0 aliphatic carbocycles. The van der Waals surface area contributed by atoms with Gasteiger partial charge in [0.25, 0.3) is 5.56 Å². The van der Waals surface area contributed by atoms with Gasteiger partial charge in [-0.25, -0.2) is 4.79 Å². The van der Waals surface area contributed by atoms with Crippen molar-refractivity contribution < 1.29 is 28.5 Å². The predicted molar refractivity (Wildman–Crippen MR) is 161 cm³/mol. The summed E-state index contributed by atoms with van der Waals surface area (Å²) in [5.41, 5.74) is 3.52. The van der Waals surface area contributed by atoms with Gasteiger partial charge in [0.15, 0.2) is 5.58 Å². The van der Waals surface area contributed by atoms with Gasteiger partial charge in [0.2, 0.25) is 0 Å². The molecule has 0 saturated heterocycles. The fourth-order valence-corrected chi connectivity index (χ4v) is 5.35. The highest BCUT2D eigenvalue weighted by molar-refractivity contribution is 6.13. The highest BCUT2D eigenvalue weighted by atomic mass is 16.5. The van der Waals surface area contributed by atoms with Crippen LogP contribution in [0.15, 0.2) is 100 Å². The lowest BCUT2D eigenvalue weighted by molar-refractivity contribution is 0.0695. The summed E-state index contributed by atoms with van der Waals surface area (Å²) < 4.78 is 24.2. The Hall–Kier alpha value is -5.50. The van der Waals surface area contributed by atoms with Gasteiger partial charge in [0.1, 0.15) is 28.4 Å². The summed E-state index contributed by atoms with van der Waals surface area (Å²) in [4.78, 5) is 27.0. The van der Waals surface area contributed by atoms with Crippen molar-refractivity contribution >= 4 is 28.0 Å². The fourth-order valence-electron chi connectivity index (χ4n) is 5.35. The zero-order valence-corrected chi connectivity index (χ0v) is 23.2. The number of hydrogen-bond acceptors (Lipinski definition) is 6. The molecule has 2 heterocycles. The highest BCUT2D eigenvalue weighted by Gasteiger charge is 2.28. The molecule has 0 aliphatic heterocycles. The standard InChI is InChI=1S/C34H27NO7/c1-39-24-12-9-21(10-13-24)29-30(34(37)38)33(36)35(19-23-17-25(40-2)14-16-27(23)41-3)31-26-18-22(20-7-5-4-6-8-20)11-15-28(26)42-32(29)31/h4-18H,19H2,1-3H3,(H,37,38). The number of carbonyl (C=O) groups is 1. The number of aromatic carboxylic acids is 1. The number of hydrogen-bond donors (Lipinski definition) is 1. The number of carboxylic acids is 1. The normalized spacial score (nSPS) is 11.1. The maximum Gasteiger partial charge on any atom is 0.342 e. The Morgan fingerprint density at radius 2 is 1.48 bits per heavy atom. The Kier molecular flexibility index (Phi) is 6.88. The van der Waals surface area contributed by atoms with Crippen molar-refractivity contribution in [3.63, 3.8) is 0 Å². The number of ether oxygens (including phenoxy) is 3. The molecule has 6 rings (SSSR count). The molecule has 0 saturated carbocycles. The van der Waals surface area contributed by atoms with E-state index >= 15 is 0 Å². The first kappa shape index (κ1) is 26.7. The van der Waals surface area contributed by atoms with E-state index in [0.717, 1.165) is 11.1 Å². The van der Waals surface area contributed by atoms with Crippen LogP contribution in [0.25, 0.3) is 44.3 Å². The molecule has 0 fully saturated rings. The summed E-state index contributed by atoms with van der Waals surface area (Å²) in [6.07, 6.45) is 0. The Bertz CT molecular complexity index is 2010. The third-order valence-corrected chi connectivity index (χ3v) is 7.38. The van der Waals surface area contributed by atoms with E-state index in [0.29, 0.717) is 50.4 Å². The van der Waals surface area contributed by atoms with E-state index in [4.69, 9.17) is 18.6 Å². The van der Waals surface area contributed by atoms with Gasteiger partial charge in [-0.3, -0.25) is 9.36 Å². The molecule has 0 atom stereocenters. The first-order valence-corrected chi connectivity index (χ1v) is 13.2. The van der Waals surface area contributed by atoms with Crippen LogP contribution in [-0.4, -0.2) is 37.0 Å². The minimum Gasteiger partial charge on any atom is -0.497 e. The summed E-state index contributed by atoms with van der Waals surface area (Å²) in [6.45, 7) is 0.0169. The molecule has 8 nitrogen and oxygen atoms in total. The van der Waals surface area contributed by atoms with Crippen molar-refractivity contribution in [1.29, 1.82) is 0 Å². The molecule has 210 valence electrons. The number of carboxylic acid groups (broad SMARTS) is 1. The van der Waals surface area contributed by atoms with Gasteiger partial charge in [-0.05, 0) is 59.2 Å². The molecule has 0 spiro atoms. The number of pyridine rings is 1. The van der Waals surface area contributed by atoms with Crippen molar-refractivity contribution in [3.8, 4) is 39.5 Å². The van der Waals surface area contributed by atoms with Crippen LogP contribution in [-0.2, 0) is 6.54 Å². The lowest BCUT2D eigenvalue weighted by atomic mass is 9.98. The minimum atomic E-state index is -1.36. The van der Waals surface area contributed by atoms with Crippen molar-refractivity contribution in [2.24, 2.45) is 0 Å². The first-order valence-electron chi connectivity index (χ1n) is 13.2. The molecule has 0 aliphatic rings. The van der Waals surface area contributed by atoms with Crippen LogP contribution in [0.4, 0.5) is 0 Å². The van der Waals surface area contributed by atoms with Gasteiger partial charge >= 0.3 is 5.97 Å². The van der Waals surface area contributed by atoms with Crippen molar-refractivity contribution in [3.05, 3.63) is 112 Å². The second kappa shape index (κ2) is 10.8. The summed E-state index contributed by atoms with van der Waals surface area (Å²) in [7, 11) is 4.64. The molecule has 0 radical (unpaired) electrons. The van der Waals surface area contributed by atoms with E-state index in [9.17, 15) is 14.7 Å². The van der Waals surface area contributed by atoms with Crippen LogP contribution in [0.3, 0.4) is 0 Å². The Balaban J connectivity index is 1.73. The quantitative estimate of drug-likeness (QED) is 0.217. The van der Waals surface area contributed by atoms with Crippen molar-refractivity contribution in [2.45, 2.75) is 6.54 Å². The maximum atomic E-state index is 14.2. The number of rotatable bonds is 8. The molecular weight excluding hydrogens is 534 g/mol. The average Bonchev–Trinajstić information content (AvgIpc) is 3.40. The van der Waals surface area contributed by atoms with E-state index in [1.54, 1.807) is 63.8 Å². The maximum absolute atomic E-state index is 14.2. The second-order valence-electron chi connectivity index (χ2n) is 9.71. The first-order chi connectivity index (χ1) is 20.4. The second-order valence-corrected chi connectivity index (χ2v) is 9.71. The highest BCUT2D eigenvalue weighted by Crippen LogP contribution is 2.39. The lowest BCUT2D eigenvalue weighted by Gasteiger charge is -2.16. The Morgan fingerprint density at radius 3 is 2.14 bits per heavy atom. The largest absolute Gasteiger partial charge is 0.497 e. The van der Waals surface area contributed by atoms with Crippen molar-refractivity contribution in [1.82, 2.24) is 4.57 Å². The zero-order valence-electron chi connectivity index (χ0n) is 23.2. The Morgan fingerprint density at radius 1 is 0.786 bits per heavy atom. The smallest absolute Gasteiger partial charge is 0.342 e. The molecule has 4 aromatic carbocycles. The van der Waals surface area contributed by atoms with Crippen molar-refractivity contribution in [2.75, 3.05) is 21.3 Å². The average molecular weight is 562 g/mol. The molecule has 0 unspecified atom stereocenters. The van der Waals surface area contributed by atoms with Crippen LogP contribution in [0.5, 0.6) is 17.2 Å². The van der Waals surface area contributed by atoms with Gasteiger partial charge < -0.3 is 23.7 Å². The number of methoxy groups -OCH3 is 3. The van der Waals surface area contributed by atoms with Gasteiger partial charge in [-0.15, -0.1) is 0 Å². The monoisotopic (exact) mass is 561 g/mol. The third-order valence-electron chi connectivity index (χ3n) is 7.38. The zero-order chi connectivity index (χ0) is 29.4. The minimum absolute atomic E-state index is 0.0169. The summed E-state index contributed by atoms with van der Waals surface area (Å²) in [5, 5.41) is 11.1. The molecule has 6 aromatic rings. The predicted octanol–water partition coefficient (Wildman–Crippen LogP) is 6.85. The van der Waals surface area contributed by atoms with Gasteiger partial charge in [0.05, 0.1) is 33.4 Å². The number of fused-ring (bicyclic) bond motifs is 3. The Labute approximate surface area is 240 Å². The summed E-state index contributed by atoms with van der Waals surface area (Å²) in [5.74, 6) is 0.350. The lowest BCUT2D eigenvalue weighted by Crippen LogP contribution is -2.28. The molecular formula is C34H27NO7. The van der Waals surface area contributed by atoms with E-state index in [2.05, 4.69) is 0 Å². The van der Waals surface area contributed by atoms with Crippen LogP contribution in [0, 0.1) is 0 Å². The molecule has 0 bridgehead atoms. The number of furan rings is 1. The van der Waals surface area contributed by atoms with E-state index in [1.807, 2.05) is 48.5 Å². The summed E-state index contributed by atoms with van der Waals surface area (Å²) >= 11 is 0. The van der Waals surface area contributed by atoms with Crippen LogP contribution in [0.1, 0.15) is 15.9 Å². The van der Waals surface area contributed by atoms with Gasteiger partial charge in [-0.2, -0.15) is 0 Å². The molecule has 2 aromatic heterocycles. The fraction of sp³-hybridized carbons (Fsp3) is 0.118. The number of benzene rings is 4. The summed E-state index contributed by atoms with van der Waals surface area (Å²) in [6, 6.07) is 27.8. The van der Waals surface area contributed by atoms with Gasteiger partial charge in [-0.1, -0.05) is 48.5 Å².